The van der Waals surface area contributed by atoms with Crippen LogP contribution in [0.5, 0.6) is 0 Å². The van der Waals surface area contributed by atoms with Crippen LogP contribution in [0.2, 0.25) is 0 Å². The summed E-state index contributed by atoms with van der Waals surface area (Å²) in [5, 5.41) is 8.66. The van der Waals surface area contributed by atoms with Gasteiger partial charge in [-0.3, -0.25) is 0 Å². The Balaban J connectivity index is 2.52. The van der Waals surface area contributed by atoms with E-state index >= 15 is 0 Å². The Hall–Kier alpha value is -1.18. The monoisotopic (exact) mass is 202 g/mol. The molecule has 1 aromatic rings. The third-order valence-electron chi connectivity index (χ3n) is 3.04. The lowest BCUT2D eigenvalue weighted by molar-refractivity contribution is 0.328. The Morgan fingerprint density at radius 1 is 1.07 bits per heavy atom. The second kappa shape index (κ2) is 3.16. The van der Waals surface area contributed by atoms with Crippen LogP contribution in [-0.2, 0) is 0 Å². The van der Waals surface area contributed by atoms with Gasteiger partial charge >= 0.3 is 0 Å². The summed E-state index contributed by atoms with van der Waals surface area (Å²) in [5.74, 6) is 0. The van der Waals surface area contributed by atoms with Crippen LogP contribution in [-0.4, -0.2) is 0 Å². The van der Waals surface area contributed by atoms with Gasteiger partial charge in [0.15, 0.2) is 0 Å². The molecule has 0 spiro atoms. The lowest BCUT2D eigenvalue weighted by atomic mass is 9.82. The fourth-order valence-electron chi connectivity index (χ4n) is 1.95. The van der Waals surface area contributed by atoms with Gasteiger partial charge in [0.1, 0.15) is 6.04 Å². The first-order chi connectivity index (χ1) is 6.89. The van der Waals surface area contributed by atoms with Gasteiger partial charge in [-0.1, -0.05) is 26.8 Å². The lowest BCUT2D eigenvalue weighted by Crippen LogP contribution is -2.14. The highest BCUT2D eigenvalue weighted by atomic mass is 15.2. The Labute approximate surface area is 91.4 Å². The van der Waals surface area contributed by atoms with Crippen molar-refractivity contribution in [2.45, 2.75) is 40.7 Å². The summed E-state index contributed by atoms with van der Waals surface area (Å²) in [6.07, 6.45) is 0. The Bertz CT molecular complexity index is 425. The van der Waals surface area contributed by atoms with E-state index in [1.54, 1.807) is 0 Å². The quantitative estimate of drug-likeness (QED) is 0.592. The molecule has 0 fully saturated rings. The molecule has 0 bridgehead atoms. The zero-order valence-corrected chi connectivity index (χ0v) is 10.1. The van der Waals surface area contributed by atoms with Gasteiger partial charge in [-0.15, -0.1) is 0 Å². The Morgan fingerprint density at radius 3 is 2.27 bits per heavy atom. The van der Waals surface area contributed by atoms with Gasteiger partial charge in [-0.25, -0.2) is 0 Å². The van der Waals surface area contributed by atoms with Crippen molar-refractivity contribution in [3.63, 3.8) is 0 Å². The molecule has 0 radical (unpaired) electrons. The Morgan fingerprint density at radius 2 is 1.67 bits per heavy atom. The van der Waals surface area contributed by atoms with Crippen molar-refractivity contribution < 1.29 is 0 Å². The molecular formula is C13H18N2. The van der Waals surface area contributed by atoms with E-state index < -0.39 is 0 Å². The number of aryl methyl sites for hydroxylation is 2. The normalized spacial score (nSPS) is 19.4. The molecule has 80 valence electrons. The van der Waals surface area contributed by atoms with E-state index in [-0.39, 0.29) is 11.5 Å². The van der Waals surface area contributed by atoms with Gasteiger partial charge in [-0.05, 0) is 36.5 Å². The molecule has 0 saturated heterocycles. The maximum atomic E-state index is 4.38. The second-order valence-corrected chi connectivity index (χ2v) is 5.48. The standard InChI is InChI=1S/C13H18N2/c1-8-6-10-11(7-9(8)2)14-15-12(10)13(3,4)5/h6-7,12H,1-5H3. The van der Waals surface area contributed by atoms with Crippen LogP contribution in [0.4, 0.5) is 5.69 Å². The first kappa shape index (κ1) is 10.3. The molecule has 0 N–H and O–H groups in total. The fraction of sp³-hybridized carbons (Fsp3) is 0.538. The summed E-state index contributed by atoms with van der Waals surface area (Å²) < 4.78 is 0. The topological polar surface area (TPSA) is 24.7 Å². The van der Waals surface area contributed by atoms with Crippen molar-refractivity contribution in [2.75, 3.05) is 0 Å². The number of fused-ring (bicyclic) bond motifs is 1. The molecule has 0 aliphatic carbocycles. The van der Waals surface area contributed by atoms with Gasteiger partial charge < -0.3 is 0 Å². The minimum atomic E-state index is 0.149. The van der Waals surface area contributed by atoms with Crippen LogP contribution >= 0.6 is 0 Å². The zero-order chi connectivity index (χ0) is 11.2. The van der Waals surface area contributed by atoms with E-state index in [9.17, 15) is 0 Å². The first-order valence-electron chi connectivity index (χ1n) is 5.41. The smallest absolute Gasteiger partial charge is 0.103 e. The molecule has 1 atom stereocenters. The molecule has 2 rings (SSSR count). The predicted octanol–water partition coefficient (Wildman–Crippen LogP) is 4.49. The summed E-state index contributed by atoms with van der Waals surface area (Å²) in [6, 6.07) is 4.59. The fourth-order valence-corrected chi connectivity index (χ4v) is 1.95. The second-order valence-electron chi connectivity index (χ2n) is 5.48. The maximum absolute atomic E-state index is 4.38. The van der Waals surface area contributed by atoms with E-state index in [0.717, 1.165) is 5.69 Å². The van der Waals surface area contributed by atoms with Crippen LogP contribution in [0.25, 0.3) is 0 Å². The minimum Gasteiger partial charge on any atom is -0.180 e. The van der Waals surface area contributed by atoms with Crippen LogP contribution in [0.1, 0.15) is 43.5 Å². The summed E-state index contributed by atoms with van der Waals surface area (Å²) in [5.41, 5.74) is 5.11. The van der Waals surface area contributed by atoms with Crippen molar-refractivity contribution in [2.24, 2.45) is 15.6 Å². The van der Waals surface area contributed by atoms with Crippen LogP contribution in [0, 0.1) is 19.3 Å². The van der Waals surface area contributed by atoms with Crippen molar-refractivity contribution in [1.29, 1.82) is 0 Å². The van der Waals surface area contributed by atoms with Crippen LogP contribution < -0.4 is 0 Å². The van der Waals surface area contributed by atoms with Gasteiger partial charge in [-0.2, -0.15) is 10.2 Å². The highest BCUT2D eigenvalue weighted by Crippen LogP contribution is 2.46. The summed E-state index contributed by atoms with van der Waals surface area (Å²) >= 11 is 0. The molecule has 1 aromatic carbocycles. The van der Waals surface area contributed by atoms with Crippen molar-refractivity contribution in [3.8, 4) is 0 Å². The van der Waals surface area contributed by atoms with E-state index in [4.69, 9.17) is 0 Å². The molecule has 0 amide bonds. The van der Waals surface area contributed by atoms with E-state index in [1.165, 1.54) is 16.7 Å². The van der Waals surface area contributed by atoms with Gasteiger partial charge in [0.2, 0.25) is 0 Å². The molecule has 1 aliphatic heterocycles. The highest BCUT2D eigenvalue weighted by molar-refractivity contribution is 5.54. The maximum Gasteiger partial charge on any atom is 0.103 e. The van der Waals surface area contributed by atoms with Crippen molar-refractivity contribution in [1.82, 2.24) is 0 Å². The van der Waals surface area contributed by atoms with Gasteiger partial charge in [0, 0.05) is 5.56 Å². The highest BCUT2D eigenvalue weighted by Gasteiger charge is 2.31. The molecule has 1 aliphatic rings. The SMILES string of the molecule is Cc1cc2c(cc1C)C(C(C)(C)C)N=N2. The van der Waals surface area contributed by atoms with E-state index in [1.807, 2.05) is 0 Å². The average molecular weight is 202 g/mol. The Kier molecular flexibility index (Phi) is 2.18. The molecule has 2 heteroatoms. The molecule has 1 unspecified atom stereocenters. The molecule has 0 saturated carbocycles. The minimum absolute atomic E-state index is 0.149. The summed E-state index contributed by atoms with van der Waals surface area (Å²) in [7, 11) is 0. The van der Waals surface area contributed by atoms with Crippen LogP contribution in [0.15, 0.2) is 22.4 Å². The predicted molar refractivity (Wildman–Crippen MR) is 62.6 cm³/mol. The number of azo groups is 1. The number of hydrogen-bond acceptors (Lipinski definition) is 2. The van der Waals surface area contributed by atoms with Crippen LogP contribution in [0.3, 0.4) is 0 Å². The first-order valence-corrected chi connectivity index (χ1v) is 5.41. The number of rotatable bonds is 0. The number of nitrogens with zero attached hydrogens (tertiary/aromatic N) is 2. The number of hydrogen-bond donors (Lipinski definition) is 0. The van der Waals surface area contributed by atoms with Gasteiger partial charge in [0.05, 0.1) is 5.69 Å². The average Bonchev–Trinajstić information content (AvgIpc) is 2.47. The number of benzene rings is 1. The third kappa shape index (κ3) is 1.69. The molecule has 1 heterocycles. The molecule has 2 nitrogen and oxygen atoms in total. The molecule has 0 aromatic heterocycles. The van der Waals surface area contributed by atoms with Gasteiger partial charge in [0.25, 0.3) is 0 Å². The largest absolute Gasteiger partial charge is 0.180 e. The van der Waals surface area contributed by atoms with Crippen molar-refractivity contribution in [3.05, 3.63) is 28.8 Å². The molecule has 15 heavy (non-hydrogen) atoms. The summed E-state index contributed by atoms with van der Waals surface area (Å²) in [4.78, 5) is 0. The lowest BCUT2D eigenvalue weighted by Gasteiger charge is -2.24. The molecular weight excluding hydrogens is 184 g/mol. The van der Waals surface area contributed by atoms with Crippen molar-refractivity contribution >= 4 is 5.69 Å². The van der Waals surface area contributed by atoms with E-state index in [0.29, 0.717) is 0 Å². The third-order valence-corrected chi connectivity index (χ3v) is 3.04. The zero-order valence-electron chi connectivity index (χ0n) is 10.1. The van der Waals surface area contributed by atoms with E-state index in [2.05, 4.69) is 57.0 Å². The summed E-state index contributed by atoms with van der Waals surface area (Å²) in [6.45, 7) is 10.9.